The van der Waals surface area contributed by atoms with Crippen LogP contribution in [-0.4, -0.2) is 48.4 Å². The number of aryl methyl sites for hydroxylation is 2. The van der Waals surface area contributed by atoms with Crippen molar-refractivity contribution in [2.45, 2.75) is 32.2 Å². The Balaban J connectivity index is 1.54. The van der Waals surface area contributed by atoms with E-state index in [0.717, 1.165) is 12.8 Å². The highest BCUT2D eigenvalue weighted by Crippen LogP contribution is 2.13. The highest BCUT2D eigenvalue weighted by molar-refractivity contribution is 7.91. The Kier molecular flexibility index (Phi) is 6.05. The standard InChI is InChI=1S/C19H24N4O3S/c1-14-12-17(18(24)22-16-9-11-27(25,26)13-16)23-19(21-14)20-10-5-8-15-6-3-2-4-7-15/h2-4,6-7,12,16H,5,8-11,13H2,1H3,(H,22,24)(H,20,21,23). The van der Waals surface area contributed by atoms with Crippen LogP contribution < -0.4 is 10.6 Å². The van der Waals surface area contributed by atoms with Gasteiger partial charge < -0.3 is 10.6 Å². The van der Waals surface area contributed by atoms with Crippen molar-refractivity contribution in [1.82, 2.24) is 15.3 Å². The van der Waals surface area contributed by atoms with Crippen LogP contribution in [0, 0.1) is 6.92 Å². The first-order chi connectivity index (χ1) is 12.9. The van der Waals surface area contributed by atoms with Gasteiger partial charge >= 0.3 is 0 Å². The number of carbonyl (C=O) groups is 1. The van der Waals surface area contributed by atoms with Crippen molar-refractivity contribution in [3.8, 4) is 0 Å². The molecule has 2 N–H and O–H groups in total. The van der Waals surface area contributed by atoms with E-state index in [1.807, 2.05) is 18.2 Å². The smallest absolute Gasteiger partial charge is 0.270 e. The molecule has 1 atom stereocenters. The van der Waals surface area contributed by atoms with Crippen molar-refractivity contribution in [3.05, 3.63) is 53.3 Å². The predicted molar refractivity (Wildman–Crippen MR) is 105 cm³/mol. The molecule has 2 aromatic rings. The summed E-state index contributed by atoms with van der Waals surface area (Å²) in [5.41, 5.74) is 2.20. The molecule has 0 saturated carbocycles. The quantitative estimate of drug-likeness (QED) is 0.701. The number of carbonyl (C=O) groups excluding carboxylic acids is 1. The molecule has 1 unspecified atom stereocenters. The van der Waals surface area contributed by atoms with Crippen LogP contribution >= 0.6 is 0 Å². The third-order valence-corrected chi connectivity index (χ3v) is 6.19. The highest BCUT2D eigenvalue weighted by atomic mass is 32.2. The van der Waals surface area contributed by atoms with E-state index in [2.05, 4.69) is 32.7 Å². The van der Waals surface area contributed by atoms with Crippen molar-refractivity contribution in [2.75, 3.05) is 23.4 Å². The molecule has 0 radical (unpaired) electrons. The molecule has 8 heteroatoms. The number of anilines is 1. The largest absolute Gasteiger partial charge is 0.354 e. The van der Waals surface area contributed by atoms with E-state index in [-0.39, 0.29) is 29.1 Å². The number of sulfone groups is 1. The molecule has 0 bridgehead atoms. The maximum Gasteiger partial charge on any atom is 0.270 e. The molecule has 27 heavy (non-hydrogen) atoms. The molecule has 3 rings (SSSR count). The van der Waals surface area contributed by atoms with Gasteiger partial charge in [-0.1, -0.05) is 30.3 Å². The van der Waals surface area contributed by atoms with Crippen molar-refractivity contribution >= 4 is 21.7 Å². The highest BCUT2D eigenvalue weighted by Gasteiger charge is 2.29. The zero-order chi connectivity index (χ0) is 19.3. The molecule has 1 aliphatic heterocycles. The van der Waals surface area contributed by atoms with E-state index >= 15 is 0 Å². The predicted octanol–water partition coefficient (Wildman–Crippen LogP) is 1.75. The lowest BCUT2D eigenvalue weighted by Gasteiger charge is -2.12. The summed E-state index contributed by atoms with van der Waals surface area (Å²) in [6, 6.07) is 11.5. The van der Waals surface area contributed by atoms with E-state index in [1.54, 1.807) is 13.0 Å². The fraction of sp³-hybridized carbons (Fsp3) is 0.421. The van der Waals surface area contributed by atoms with E-state index in [1.165, 1.54) is 5.56 Å². The van der Waals surface area contributed by atoms with Crippen molar-refractivity contribution in [3.63, 3.8) is 0 Å². The van der Waals surface area contributed by atoms with Gasteiger partial charge in [0.25, 0.3) is 5.91 Å². The Bertz CT molecular complexity index is 900. The number of hydrogen-bond acceptors (Lipinski definition) is 6. The molecular formula is C19H24N4O3S. The van der Waals surface area contributed by atoms with Crippen molar-refractivity contribution in [2.24, 2.45) is 0 Å². The van der Waals surface area contributed by atoms with E-state index in [0.29, 0.717) is 24.6 Å². The van der Waals surface area contributed by atoms with Crippen molar-refractivity contribution in [1.29, 1.82) is 0 Å². The molecule has 0 aliphatic carbocycles. The Hall–Kier alpha value is -2.48. The van der Waals surface area contributed by atoms with Crippen LogP contribution in [-0.2, 0) is 16.3 Å². The van der Waals surface area contributed by atoms with Gasteiger partial charge in [-0.25, -0.2) is 18.4 Å². The summed E-state index contributed by atoms with van der Waals surface area (Å²) in [4.78, 5) is 21.0. The fourth-order valence-corrected chi connectivity index (χ4v) is 4.74. The van der Waals surface area contributed by atoms with Gasteiger partial charge in [0.05, 0.1) is 11.5 Å². The number of hydrogen-bond donors (Lipinski definition) is 2. The van der Waals surface area contributed by atoms with Gasteiger partial charge in [0, 0.05) is 18.3 Å². The topological polar surface area (TPSA) is 101 Å². The van der Waals surface area contributed by atoms with Gasteiger partial charge in [0.1, 0.15) is 5.69 Å². The average Bonchev–Trinajstić information content (AvgIpc) is 2.97. The lowest BCUT2D eigenvalue weighted by molar-refractivity contribution is 0.0936. The molecule has 0 spiro atoms. The van der Waals surface area contributed by atoms with Gasteiger partial charge in [-0.3, -0.25) is 4.79 Å². The minimum Gasteiger partial charge on any atom is -0.354 e. The molecule has 144 valence electrons. The van der Waals surface area contributed by atoms with Gasteiger partial charge in [0.15, 0.2) is 9.84 Å². The SMILES string of the molecule is Cc1cc(C(=O)NC2CCS(=O)(=O)C2)nc(NCCCc2ccccc2)n1. The summed E-state index contributed by atoms with van der Waals surface area (Å²) < 4.78 is 23.1. The van der Waals surface area contributed by atoms with Gasteiger partial charge in [-0.15, -0.1) is 0 Å². The molecule has 1 aromatic carbocycles. The Labute approximate surface area is 159 Å². The van der Waals surface area contributed by atoms with Crippen LogP contribution in [0.2, 0.25) is 0 Å². The first kappa shape index (κ1) is 19.3. The average molecular weight is 388 g/mol. The van der Waals surface area contributed by atoms with Crippen molar-refractivity contribution < 1.29 is 13.2 Å². The van der Waals surface area contributed by atoms with E-state index < -0.39 is 9.84 Å². The second-order valence-corrected chi connectivity index (χ2v) is 9.04. The summed E-state index contributed by atoms with van der Waals surface area (Å²) in [5, 5.41) is 5.92. The summed E-state index contributed by atoms with van der Waals surface area (Å²) in [6.45, 7) is 2.49. The first-order valence-corrected chi connectivity index (χ1v) is 10.9. The second-order valence-electron chi connectivity index (χ2n) is 6.81. The third kappa shape index (κ3) is 5.75. The van der Waals surface area contributed by atoms with Gasteiger partial charge in [0.2, 0.25) is 5.95 Å². The summed E-state index contributed by atoms with van der Waals surface area (Å²) in [5.74, 6) is 0.157. The molecule has 1 fully saturated rings. The third-order valence-electron chi connectivity index (χ3n) is 4.42. The lowest BCUT2D eigenvalue weighted by atomic mass is 10.1. The number of rotatable bonds is 7. The molecular weight excluding hydrogens is 364 g/mol. The number of nitrogens with zero attached hydrogens (tertiary/aromatic N) is 2. The number of benzene rings is 1. The minimum atomic E-state index is -3.04. The monoisotopic (exact) mass is 388 g/mol. The summed E-state index contributed by atoms with van der Waals surface area (Å²) in [6.07, 6.45) is 2.31. The van der Waals surface area contributed by atoms with Crippen LogP contribution in [0.4, 0.5) is 5.95 Å². The number of nitrogens with one attached hydrogen (secondary N) is 2. The van der Waals surface area contributed by atoms with Crippen LogP contribution in [0.5, 0.6) is 0 Å². The summed E-state index contributed by atoms with van der Waals surface area (Å²) in [7, 11) is -3.04. The van der Waals surface area contributed by atoms with Crippen LogP contribution in [0.1, 0.15) is 34.6 Å². The lowest BCUT2D eigenvalue weighted by Crippen LogP contribution is -2.36. The Morgan fingerprint density at radius 1 is 1.22 bits per heavy atom. The molecule has 1 saturated heterocycles. The first-order valence-electron chi connectivity index (χ1n) is 9.06. The maximum atomic E-state index is 12.4. The van der Waals surface area contributed by atoms with Crippen LogP contribution in [0.15, 0.2) is 36.4 Å². The molecule has 1 aliphatic rings. The fourth-order valence-electron chi connectivity index (χ4n) is 3.07. The van der Waals surface area contributed by atoms with Gasteiger partial charge in [-0.2, -0.15) is 0 Å². The normalized spacial score (nSPS) is 18.2. The molecule has 7 nitrogen and oxygen atoms in total. The van der Waals surface area contributed by atoms with Crippen LogP contribution in [0.25, 0.3) is 0 Å². The molecule has 1 aromatic heterocycles. The summed E-state index contributed by atoms with van der Waals surface area (Å²) >= 11 is 0. The molecule has 2 heterocycles. The Morgan fingerprint density at radius 3 is 2.70 bits per heavy atom. The number of amides is 1. The number of aromatic nitrogens is 2. The minimum absolute atomic E-state index is 0.00655. The van der Waals surface area contributed by atoms with Gasteiger partial charge in [-0.05, 0) is 37.8 Å². The van der Waals surface area contributed by atoms with E-state index in [9.17, 15) is 13.2 Å². The maximum absolute atomic E-state index is 12.4. The molecule has 1 amide bonds. The zero-order valence-electron chi connectivity index (χ0n) is 15.3. The zero-order valence-corrected chi connectivity index (χ0v) is 16.1. The Morgan fingerprint density at radius 2 is 2.00 bits per heavy atom. The second kappa shape index (κ2) is 8.47. The van der Waals surface area contributed by atoms with E-state index in [4.69, 9.17) is 0 Å². The van der Waals surface area contributed by atoms with Crippen LogP contribution in [0.3, 0.4) is 0 Å².